The number of carbonyl (C=O) groups is 1. The van der Waals surface area contributed by atoms with Gasteiger partial charge in [0.15, 0.2) is 0 Å². The summed E-state index contributed by atoms with van der Waals surface area (Å²) in [5, 5.41) is 6.28. The molecule has 0 aliphatic carbocycles. The standard InChI is InChI=1S/C11H19N3O2/c15-11-13-4-9(16-11)6-14-5-8-2-1-3-12-10(8)7-14/h8-10,12H,1-7H2,(H,13,15). The Balaban J connectivity index is 1.51. The summed E-state index contributed by atoms with van der Waals surface area (Å²) >= 11 is 0. The lowest BCUT2D eigenvalue weighted by atomic mass is 9.94. The maximum Gasteiger partial charge on any atom is 0.407 e. The molecule has 3 unspecified atom stereocenters. The van der Waals surface area contributed by atoms with Crippen LogP contribution < -0.4 is 10.6 Å². The summed E-state index contributed by atoms with van der Waals surface area (Å²) in [5.41, 5.74) is 0. The lowest BCUT2D eigenvalue weighted by Gasteiger charge is -2.24. The fourth-order valence-electron chi connectivity index (χ4n) is 3.11. The van der Waals surface area contributed by atoms with Crippen LogP contribution >= 0.6 is 0 Å². The Morgan fingerprint density at radius 1 is 1.44 bits per heavy atom. The highest BCUT2D eigenvalue weighted by atomic mass is 16.6. The molecule has 0 radical (unpaired) electrons. The van der Waals surface area contributed by atoms with Crippen LogP contribution in [0.3, 0.4) is 0 Å². The second-order valence-electron chi connectivity index (χ2n) is 5.09. The molecule has 3 rings (SSSR count). The van der Waals surface area contributed by atoms with Crippen molar-refractivity contribution in [1.82, 2.24) is 15.5 Å². The van der Waals surface area contributed by atoms with Crippen molar-refractivity contribution in [1.29, 1.82) is 0 Å². The zero-order valence-electron chi connectivity index (χ0n) is 9.45. The third-order valence-corrected chi connectivity index (χ3v) is 3.88. The van der Waals surface area contributed by atoms with E-state index in [0.29, 0.717) is 12.6 Å². The van der Waals surface area contributed by atoms with Gasteiger partial charge in [0.05, 0.1) is 6.54 Å². The number of fused-ring (bicyclic) bond motifs is 1. The third kappa shape index (κ3) is 2.01. The van der Waals surface area contributed by atoms with E-state index in [1.807, 2.05) is 0 Å². The summed E-state index contributed by atoms with van der Waals surface area (Å²) in [4.78, 5) is 13.3. The van der Waals surface area contributed by atoms with Crippen molar-refractivity contribution in [2.45, 2.75) is 25.0 Å². The van der Waals surface area contributed by atoms with Gasteiger partial charge in [-0.15, -0.1) is 0 Å². The maximum absolute atomic E-state index is 10.9. The SMILES string of the molecule is O=C1NCC(CN2CC3CCCNC3C2)O1. The second kappa shape index (κ2) is 4.22. The molecule has 3 atom stereocenters. The lowest BCUT2D eigenvalue weighted by molar-refractivity contribution is 0.115. The normalized spacial score (nSPS) is 39.2. The van der Waals surface area contributed by atoms with Crippen molar-refractivity contribution in [3.8, 4) is 0 Å². The minimum absolute atomic E-state index is 0.0488. The van der Waals surface area contributed by atoms with Gasteiger partial charge in [-0.05, 0) is 25.3 Å². The minimum atomic E-state index is -0.264. The molecule has 0 aromatic rings. The molecule has 3 saturated heterocycles. The van der Waals surface area contributed by atoms with Crippen molar-refractivity contribution in [2.24, 2.45) is 5.92 Å². The van der Waals surface area contributed by atoms with Crippen LogP contribution in [0.2, 0.25) is 0 Å². The van der Waals surface area contributed by atoms with Gasteiger partial charge in [0, 0.05) is 25.7 Å². The first-order valence-corrected chi connectivity index (χ1v) is 6.21. The molecule has 0 spiro atoms. The lowest BCUT2D eigenvalue weighted by Crippen LogP contribution is -2.41. The van der Waals surface area contributed by atoms with E-state index in [9.17, 15) is 4.79 Å². The Morgan fingerprint density at radius 2 is 2.38 bits per heavy atom. The largest absolute Gasteiger partial charge is 0.443 e. The van der Waals surface area contributed by atoms with Gasteiger partial charge < -0.3 is 15.4 Å². The van der Waals surface area contributed by atoms with E-state index in [2.05, 4.69) is 15.5 Å². The van der Waals surface area contributed by atoms with E-state index in [4.69, 9.17) is 4.74 Å². The molecule has 16 heavy (non-hydrogen) atoms. The molecule has 0 bridgehead atoms. The van der Waals surface area contributed by atoms with Gasteiger partial charge in [-0.25, -0.2) is 4.79 Å². The molecular formula is C11H19N3O2. The van der Waals surface area contributed by atoms with E-state index in [1.54, 1.807) is 0 Å². The number of nitrogens with one attached hydrogen (secondary N) is 2. The van der Waals surface area contributed by atoms with Crippen LogP contribution in [0.15, 0.2) is 0 Å². The molecule has 3 aliphatic heterocycles. The molecular weight excluding hydrogens is 206 g/mol. The highest BCUT2D eigenvalue weighted by Gasteiger charge is 2.36. The van der Waals surface area contributed by atoms with Crippen molar-refractivity contribution < 1.29 is 9.53 Å². The minimum Gasteiger partial charge on any atom is -0.443 e. The zero-order valence-corrected chi connectivity index (χ0v) is 9.45. The smallest absolute Gasteiger partial charge is 0.407 e. The Morgan fingerprint density at radius 3 is 3.12 bits per heavy atom. The monoisotopic (exact) mass is 225 g/mol. The highest BCUT2D eigenvalue weighted by Crippen LogP contribution is 2.25. The summed E-state index contributed by atoms with van der Waals surface area (Å²) in [6.07, 6.45) is 2.43. The molecule has 3 fully saturated rings. The third-order valence-electron chi connectivity index (χ3n) is 3.88. The molecule has 5 nitrogen and oxygen atoms in total. The molecule has 1 amide bonds. The number of piperidine rings is 1. The average Bonchev–Trinajstić information content (AvgIpc) is 2.84. The fourth-order valence-corrected chi connectivity index (χ4v) is 3.11. The molecule has 0 aromatic heterocycles. The van der Waals surface area contributed by atoms with Crippen molar-refractivity contribution in [2.75, 3.05) is 32.7 Å². The summed E-state index contributed by atoms with van der Waals surface area (Å²) in [7, 11) is 0. The van der Waals surface area contributed by atoms with E-state index in [0.717, 1.165) is 32.1 Å². The number of hydrogen-bond acceptors (Lipinski definition) is 4. The van der Waals surface area contributed by atoms with E-state index < -0.39 is 0 Å². The van der Waals surface area contributed by atoms with Crippen LogP contribution in [-0.2, 0) is 4.74 Å². The van der Waals surface area contributed by atoms with Crippen LogP contribution in [0.5, 0.6) is 0 Å². The van der Waals surface area contributed by atoms with Gasteiger partial charge >= 0.3 is 6.09 Å². The van der Waals surface area contributed by atoms with Gasteiger partial charge in [0.2, 0.25) is 0 Å². The highest BCUT2D eigenvalue weighted by molar-refractivity contribution is 5.69. The van der Waals surface area contributed by atoms with Crippen LogP contribution in [0, 0.1) is 5.92 Å². The van der Waals surface area contributed by atoms with Gasteiger partial charge in [-0.3, -0.25) is 4.90 Å². The van der Waals surface area contributed by atoms with E-state index in [-0.39, 0.29) is 12.2 Å². The number of rotatable bonds is 2. The molecule has 5 heteroatoms. The van der Waals surface area contributed by atoms with Crippen LogP contribution in [0.25, 0.3) is 0 Å². The van der Waals surface area contributed by atoms with E-state index >= 15 is 0 Å². The van der Waals surface area contributed by atoms with Crippen molar-refractivity contribution in [3.63, 3.8) is 0 Å². The Hall–Kier alpha value is -0.810. The first-order valence-electron chi connectivity index (χ1n) is 6.21. The van der Waals surface area contributed by atoms with Crippen molar-refractivity contribution >= 4 is 6.09 Å². The summed E-state index contributed by atoms with van der Waals surface area (Å²) < 4.78 is 5.16. The quantitative estimate of drug-likeness (QED) is 0.682. The fraction of sp³-hybridized carbons (Fsp3) is 0.909. The molecule has 0 aromatic carbocycles. The summed E-state index contributed by atoms with van der Waals surface area (Å²) in [5.74, 6) is 0.804. The van der Waals surface area contributed by atoms with Crippen LogP contribution in [0.4, 0.5) is 4.79 Å². The first-order chi connectivity index (χ1) is 7.81. The summed E-state index contributed by atoms with van der Waals surface area (Å²) in [6.45, 7) is 4.98. The van der Waals surface area contributed by atoms with Gasteiger partial charge in [0.1, 0.15) is 6.10 Å². The number of alkyl carbamates (subject to hydrolysis) is 1. The predicted octanol–water partition coefficient (Wildman–Crippen LogP) is -0.221. The number of ether oxygens (including phenoxy) is 1. The average molecular weight is 225 g/mol. The van der Waals surface area contributed by atoms with Gasteiger partial charge in [-0.1, -0.05) is 0 Å². The Bertz CT molecular complexity index is 270. The molecule has 3 heterocycles. The number of hydrogen-bond donors (Lipinski definition) is 2. The molecule has 3 aliphatic rings. The number of nitrogens with zero attached hydrogens (tertiary/aromatic N) is 1. The molecule has 0 saturated carbocycles. The van der Waals surface area contributed by atoms with Gasteiger partial charge in [0.25, 0.3) is 0 Å². The molecule has 2 N–H and O–H groups in total. The Labute approximate surface area is 95.5 Å². The maximum atomic E-state index is 10.9. The van der Waals surface area contributed by atoms with Gasteiger partial charge in [-0.2, -0.15) is 0 Å². The second-order valence-corrected chi connectivity index (χ2v) is 5.09. The number of carbonyl (C=O) groups excluding carboxylic acids is 1. The predicted molar refractivity (Wildman–Crippen MR) is 59.2 cm³/mol. The number of cyclic esters (lactones) is 1. The molecule has 90 valence electrons. The van der Waals surface area contributed by atoms with Crippen molar-refractivity contribution in [3.05, 3.63) is 0 Å². The summed E-state index contributed by atoms with van der Waals surface area (Å²) in [6, 6.07) is 0.666. The topological polar surface area (TPSA) is 53.6 Å². The number of amides is 1. The van der Waals surface area contributed by atoms with E-state index in [1.165, 1.54) is 12.8 Å². The van der Waals surface area contributed by atoms with Crippen LogP contribution in [-0.4, -0.2) is 55.9 Å². The Kier molecular flexibility index (Phi) is 2.73. The first kappa shape index (κ1) is 10.4. The number of likely N-dealkylation sites (tertiary alicyclic amines) is 1. The van der Waals surface area contributed by atoms with Crippen LogP contribution in [0.1, 0.15) is 12.8 Å². The zero-order chi connectivity index (χ0) is 11.0.